The number of aromatic nitrogens is 2. The Kier molecular flexibility index (Phi) is 3.21. The molecule has 19 heavy (non-hydrogen) atoms. The van der Waals surface area contributed by atoms with Crippen LogP contribution in [-0.4, -0.2) is 15.8 Å². The Hall–Kier alpha value is -1.52. The molecule has 3 rings (SSSR count). The summed E-state index contributed by atoms with van der Waals surface area (Å²) in [5, 5.41) is 0. The molecule has 2 aromatic carbocycles. The topological polar surface area (TPSA) is 20.7 Å². The lowest BCUT2D eigenvalue weighted by molar-refractivity contribution is 1.06. The van der Waals surface area contributed by atoms with Crippen molar-refractivity contribution in [2.75, 3.05) is 6.26 Å². The number of nitrogens with one attached hydrogen (secondary N) is 1. The first kappa shape index (κ1) is 12.5. The molecule has 0 aliphatic heterocycles. The third-order valence-electron chi connectivity index (χ3n) is 3.17. The molecule has 0 aliphatic carbocycles. The lowest BCUT2D eigenvalue weighted by atomic mass is 10.2. The van der Waals surface area contributed by atoms with Crippen LogP contribution >= 0.6 is 24.0 Å². The van der Waals surface area contributed by atoms with Crippen LogP contribution in [0.5, 0.6) is 0 Å². The number of hydrogen-bond donors (Lipinski definition) is 1. The van der Waals surface area contributed by atoms with Gasteiger partial charge in [-0.15, -0.1) is 11.8 Å². The van der Waals surface area contributed by atoms with Gasteiger partial charge in [0.25, 0.3) is 0 Å². The molecule has 1 N–H and O–H groups in total. The summed E-state index contributed by atoms with van der Waals surface area (Å²) in [4.78, 5) is 4.52. The molecule has 0 bridgehead atoms. The van der Waals surface area contributed by atoms with Gasteiger partial charge in [0.15, 0.2) is 4.77 Å². The molecule has 0 aliphatic rings. The van der Waals surface area contributed by atoms with Gasteiger partial charge in [-0.05, 0) is 67.4 Å². The normalized spacial score (nSPS) is 11.1. The number of aryl methyl sites for hydroxylation is 1. The Morgan fingerprint density at radius 3 is 2.53 bits per heavy atom. The minimum Gasteiger partial charge on any atom is -0.330 e. The van der Waals surface area contributed by atoms with E-state index in [-0.39, 0.29) is 0 Å². The highest BCUT2D eigenvalue weighted by atomic mass is 32.2. The molecule has 2 nitrogen and oxygen atoms in total. The van der Waals surface area contributed by atoms with E-state index in [1.165, 1.54) is 10.5 Å². The van der Waals surface area contributed by atoms with E-state index in [0.29, 0.717) is 0 Å². The maximum atomic E-state index is 5.44. The van der Waals surface area contributed by atoms with Crippen molar-refractivity contribution in [2.45, 2.75) is 11.8 Å². The zero-order chi connectivity index (χ0) is 13.4. The third-order valence-corrected chi connectivity index (χ3v) is 4.20. The summed E-state index contributed by atoms with van der Waals surface area (Å²) < 4.78 is 2.81. The number of hydrogen-bond acceptors (Lipinski definition) is 2. The number of fused-ring (bicyclic) bond motifs is 1. The van der Waals surface area contributed by atoms with Crippen LogP contribution in [-0.2, 0) is 0 Å². The summed E-state index contributed by atoms with van der Waals surface area (Å²) in [6.45, 7) is 2.08. The van der Waals surface area contributed by atoms with Crippen molar-refractivity contribution in [1.29, 1.82) is 0 Å². The van der Waals surface area contributed by atoms with Gasteiger partial charge in [-0.3, -0.25) is 4.57 Å². The van der Waals surface area contributed by atoms with Gasteiger partial charge in [0.05, 0.1) is 11.0 Å². The van der Waals surface area contributed by atoms with Gasteiger partial charge in [0, 0.05) is 10.6 Å². The molecule has 0 radical (unpaired) electrons. The average Bonchev–Trinajstić information content (AvgIpc) is 2.74. The van der Waals surface area contributed by atoms with E-state index < -0.39 is 0 Å². The number of benzene rings is 2. The van der Waals surface area contributed by atoms with Gasteiger partial charge >= 0.3 is 0 Å². The van der Waals surface area contributed by atoms with Crippen molar-refractivity contribution in [3.63, 3.8) is 0 Å². The lowest BCUT2D eigenvalue weighted by Crippen LogP contribution is -1.93. The van der Waals surface area contributed by atoms with E-state index in [4.69, 9.17) is 12.2 Å². The van der Waals surface area contributed by atoms with Crippen molar-refractivity contribution >= 4 is 35.0 Å². The van der Waals surface area contributed by atoms with Crippen LogP contribution in [0.4, 0.5) is 0 Å². The maximum absolute atomic E-state index is 5.44. The van der Waals surface area contributed by atoms with Crippen LogP contribution in [0.25, 0.3) is 16.7 Å². The minimum absolute atomic E-state index is 0.734. The fourth-order valence-corrected chi connectivity index (χ4v) is 2.94. The summed E-state index contributed by atoms with van der Waals surface area (Å²) >= 11 is 7.18. The molecular weight excluding hydrogens is 272 g/mol. The van der Waals surface area contributed by atoms with Crippen molar-refractivity contribution in [1.82, 2.24) is 9.55 Å². The van der Waals surface area contributed by atoms with Crippen molar-refractivity contribution < 1.29 is 0 Å². The zero-order valence-electron chi connectivity index (χ0n) is 10.8. The summed E-state index contributed by atoms with van der Waals surface area (Å²) in [5.74, 6) is 0. The SMILES string of the molecule is CSc1ccc(-n2c(=S)[nH]c3cc(C)ccc32)cc1. The Labute approximate surface area is 121 Å². The van der Waals surface area contributed by atoms with Crippen LogP contribution in [0.3, 0.4) is 0 Å². The van der Waals surface area contributed by atoms with Crippen molar-refractivity contribution in [3.05, 3.63) is 52.8 Å². The molecule has 0 unspecified atom stereocenters. The number of thioether (sulfide) groups is 1. The van der Waals surface area contributed by atoms with E-state index in [1.54, 1.807) is 11.8 Å². The van der Waals surface area contributed by atoms with Crippen LogP contribution in [0.1, 0.15) is 5.56 Å². The molecule has 0 spiro atoms. The van der Waals surface area contributed by atoms with Gasteiger partial charge < -0.3 is 4.98 Å². The predicted molar refractivity (Wildman–Crippen MR) is 85.0 cm³/mol. The van der Waals surface area contributed by atoms with E-state index in [9.17, 15) is 0 Å². The highest BCUT2D eigenvalue weighted by Crippen LogP contribution is 2.22. The Bertz CT molecular complexity index is 782. The summed E-state index contributed by atoms with van der Waals surface area (Å²) in [6, 6.07) is 14.8. The molecule has 0 atom stereocenters. The highest BCUT2D eigenvalue weighted by Gasteiger charge is 2.06. The standard InChI is InChI=1S/C15H14N2S2/c1-10-3-8-14-13(9-10)16-15(18)17(14)11-4-6-12(19-2)7-5-11/h3-9H,1-2H3,(H,16,18). The number of rotatable bonds is 2. The minimum atomic E-state index is 0.734. The molecule has 0 amide bonds. The van der Waals surface area contributed by atoms with Crippen LogP contribution in [0, 0.1) is 11.7 Å². The lowest BCUT2D eigenvalue weighted by Gasteiger charge is -2.05. The number of H-pyrrole nitrogens is 1. The van der Waals surface area contributed by atoms with Gasteiger partial charge in [0.2, 0.25) is 0 Å². The predicted octanol–water partition coefficient (Wildman–Crippen LogP) is 4.72. The molecule has 3 aromatic rings. The fraction of sp³-hybridized carbons (Fsp3) is 0.133. The Morgan fingerprint density at radius 1 is 1.11 bits per heavy atom. The first-order chi connectivity index (χ1) is 9.19. The van der Waals surface area contributed by atoms with Crippen LogP contribution in [0.15, 0.2) is 47.4 Å². The highest BCUT2D eigenvalue weighted by molar-refractivity contribution is 7.98. The van der Waals surface area contributed by atoms with Crippen LogP contribution < -0.4 is 0 Å². The van der Waals surface area contributed by atoms with Gasteiger partial charge in [-0.1, -0.05) is 6.07 Å². The molecule has 0 saturated carbocycles. The number of nitrogens with zero attached hydrogens (tertiary/aromatic N) is 1. The number of imidazole rings is 1. The number of aromatic amines is 1. The largest absolute Gasteiger partial charge is 0.330 e. The molecule has 1 heterocycles. The van der Waals surface area contributed by atoms with Gasteiger partial charge in [-0.2, -0.15) is 0 Å². The van der Waals surface area contributed by atoms with E-state index >= 15 is 0 Å². The molecular formula is C15H14N2S2. The quantitative estimate of drug-likeness (QED) is 0.543. The Balaban J connectivity index is 2.23. The first-order valence-electron chi connectivity index (χ1n) is 6.05. The molecule has 4 heteroatoms. The second-order valence-corrected chi connectivity index (χ2v) is 5.75. The monoisotopic (exact) mass is 286 g/mol. The molecule has 1 aromatic heterocycles. The third kappa shape index (κ3) is 2.22. The second kappa shape index (κ2) is 4.87. The summed E-state index contributed by atoms with van der Waals surface area (Å²) in [6.07, 6.45) is 2.08. The van der Waals surface area contributed by atoms with Crippen LogP contribution in [0.2, 0.25) is 0 Å². The maximum Gasteiger partial charge on any atom is 0.182 e. The van der Waals surface area contributed by atoms with E-state index in [0.717, 1.165) is 21.5 Å². The average molecular weight is 286 g/mol. The Morgan fingerprint density at radius 2 is 1.84 bits per heavy atom. The van der Waals surface area contributed by atoms with Gasteiger partial charge in [0.1, 0.15) is 0 Å². The molecule has 0 fully saturated rings. The van der Waals surface area contributed by atoms with Crippen molar-refractivity contribution in [3.8, 4) is 5.69 Å². The van der Waals surface area contributed by atoms with E-state index in [2.05, 4.69) is 65.2 Å². The summed E-state index contributed by atoms with van der Waals surface area (Å²) in [5.41, 5.74) is 4.53. The fourth-order valence-electron chi connectivity index (χ4n) is 2.21. The van der Waals surface area contributed by atoms with Gasteiger partial charge in [-0.25, -0.2) is 0 Å². The van der Waals surface area contributed by atoms with E-state index in [1.807, 2.05) is 0 Å². The summed E-state index contributed by atoms with van der Waals surface area (Å²) in [7, 11) is 0. The van der Waals surface area contributed by atoms with Crippen molar-refractivity contribution in [2.24, 2.45) is 0 Å². The molecule has 96 valence electrons. The zero-order valence-corrected chi connectivity index (χ0v) is 12.4. The smallest absolute Gasteiger partial charge is 0.182 e. The first-order valence-corrected chi connectivity index (χ1v) is 7.68. The molecule has 0 saturated heterocycles. The second-order valence-electron chi connectivity index (χ2n) is 4.48.